The first-order chi connectivity index (χ1) is 10.6. The molecule has 1 aromatic carbocycles. The van der Waals surface area contributed by atoms with E-state index >= 15 is 0 Å². The van der Waals surface area contributed by atoms with E-state index in [4.69, 9.17) is 9.47 Å². The highest BCUT2D eigenvalue weighted by Gasteiger charge is 2.29. The molecule has 0 aliphatic carbocycles. The van der Waals surface area contributed by atoms with Crippen molar-refractivity contribution in [3.63, 3.8) is 0 Å². The van der Waals surface area contributed by atoms with Gasteiger partial charge in [-0.3, -0.25) is 4.90 Å². The Morgan fingerprint density at radius 3 is 2.32 bits per heavy atom. The molecule has 0 saturated heterocycles. The van der Waals surface area contributed by atoms with Crippen LogP contribution >= 0.6 is 11.8 Å². The van der Waals surface area contributed by atoms with Crippen LogP contribution in [0.1, 0.15) is 25.5 Å². The summed E-state index contributed by atoms with van der Waals surface area (Å²) >= 11 is 1.72. The maximum Gasteiger partial charge on any atom is 0.136 e. The van der Waals surface area contributed by atoms with Gasteiger partial charge >= 0.3 is 0 Å². The molecule has 0 fully saturated rings. The summed E-state index contributed by atoms with van der Waals surface area (Å²) in [5.41, 5.74) is 1.15. The van der Waals surface area contributed by atoms with E-state index in [0.29, 0.717) is 13.2 Å². The van der Waals surface area contributed by atoms with E-state index in [1.807, 2.05) is 13.8 Å². The number of nitrogens with zero attached hydrogens (tertiary/aromatic N) is 1. The molecule has 4 nitrogen and oxygen atoms in total. The summed E-state index contributed by atoms with van der Waals surface area (Å²) in [5, 5.41) is 0. The van der Waals surface area contributed by atoms with E-state index in [9.17, 15) is 4.79 Å². The van der Waals surface area contributed by atoms with Gasteiger partial charge in [-0.05, 0) is 37.8 Å². The number of aldehydes is 1. The summed E-state index contributed by atoms with van der Waals surface area (Å²) in [6.07, 6.45) is 3.00. The SMILES string of the molecule is COCCN(C(C)C=O)C(c1ccc(SC)cc1)C(C)OC. The van der Waals surface area contributed by atoms with Gasteiger partial charge in [-0.1, -0.05) is 12.1 Å². The van der Waals surface area contributed by atoms with Gasteiger partial charge in [0.1, 0.15) is 6.29 Å². The molecule has 0 aliphatic rings. The fourth-order valence-electron chi connectivity index (χ4n) is 2.53. The highest BCUT2D eigenvalue weighted by Crippen LogP contribution is 2.29. The van der Waals surface area contributed by atoms with Gasteiger partial charge in [-0.25, -0.2) is 0 Å². The summed E-state index contributed by atoms with van der Waals surface area (Å²) in [6.45, 7) is 5.20. The Labute approximate surface area is 138 Å². The van der Waals surface area contributed by atoms with Crippen LogP contribution in [0.4, 0.5) is 0 Å². The zero-order chi connectivity index (χ0) is 16.5. The summed E-state index contributed by atoms with van der Waals surface area (Å²) < 4.78 is 10.8. The van der Waals surface area contributed by atoms with Gasteiger partial charge < -0.3 is 14.3 Å². The van der Waals surface area contributed by atoms with E-state index < -0.39 is 0 Å². The van der Waals surface area contributed by atoms with Crippen molar-refractivity contribution >= 4 is 18.0 Å². The number of carbonyl (C=O) groups is 1. The molecule has 0 aromatic heterocycles. The lowest BCUT2D eigenvalue weighted by Crippen LogP contribution is -2.44. The highest BCUT2D eigenvalue weighted by molar-refractivity contribution is 7.98. The lowest BCUT2D eigenvalue weighted by atomic mass is 9.99. The zero-order valence-electron chi connectivity index (χ0n) is 14.1. The van der Waals surface area contributed by atoms with Crippen LogP contribution in [0.2, 0.25) is 0 Å². The smallest absolute Gasteiger partial charge is 0.136 e. The molecular weight excluding hydrogens is 298 g/mol. The molecule has 0 saturated carbocycles. The first-order valence-electron chi connectivity index (χ1n) is 7.45. The molecule has 0 aliphatic heterocycles. The van der Waals surface area contributed by atoms with Crippen molar-refractivity contribution in [1.82, 2.24) is 4.90 Å². The lowest BCUT2D eigenvalue weighted by Gasteiger charge is -2.37. The number of thioether (sulfide) groups is 1. The minimum absolute atomic E-state index is 0.0104. The summed E-state index contributed by atoms with van der Waals surface area (Å²) in [6, 6.07) is 8.26. The van der Waals surface area contributed by atoms with Gasteiger partial charge in [0.15, 0.2) is 0 Å². The quantitative estimate of drug-likeness (QED) is 0.488. The summed E-state index contributed by atoms with van der Waals surface area (Å²) in [5.74, 6) is 0. The van der Waals surface area contributed by atoms with Crippen molar-refractivity contribution in [2.24, 2.45) is 0 Å². The van der Waals surface area contributed by atoms with Crippen molar-refractivity contribution in [3.05, 3.63) is 29.8 Å². The Hall–Kier alpha value is -0.880. The molecule has 1 rings (SSSR count). The van der Waals surface area contributed by atoms with Gasteiger partial charge in [-0.2, -0.15) is 0 Å². The summed E-state index contributed by atoms with van der Waals surface area (Å²) in [7, 11) is 3.37. The average molecular weight is 325 g/mol. The molecule has 0 spiro atoms. The Morgan fingerprint density at radius 1 is 1.23 bits per heavy atom. The number of ether oxygens (including phenoxy) is 2. The molecule has 0 N–H and O–H groups in total. The van der Waals surface area contributed by atoms with Crippen LogP contribution in [0.25, 0.3) is 0 Å². The molecule has 3 atom stereocenters. The van der Waals surface area contributed by atoms with E-state index in [0.717, 1.165) is 11.8 Å². The Morgan fingerprint density at radius 2 is 1.86 bits per heavy atom. The van der Waals surface area contributed by atoms with Crippen LogP contribution in [0.15, 0.2) is 29.2 Å². The van der Waals surface area contributed by atoms with Crippen LogP contribution in [-0.4, -0.2) is 57.0 Å². The predicted molar refractivity (Wildman–Crippen MR) is 91.5 cm³/mol. The molecule has 0 bridgehead atoms. The van der Waals surface area contributed by atoms with Gasteiger partial charge in [-0.15, -0.1) is 11.8 Å². The third kappa shape index (κ3) is 5.09. The Kier molecular flexibility index (Phi) is 8.71. The first kappa shape index (κ1) is 19.2. The van der Waals surface area contributed by atoms with Crippen LogP contribution in [0.5, 0.6) is 0 Å². The maximum atomic E-state index is 11.3. The molecule has 3 unspecified atom stereocenters. The normalized spacial score (nSPS) is 15.5. The monoisotopic (exact) mass is 325 g/mol. The minimum Gasteiger partial charge on any atom is -0.383 e. The molecule has 124 valence electrons. The fraction of sp³-hybridized carbons (Fsp3) is 0.588. The van der Waals surface area contributed by atoms with E-state index in [2.05, 4.69) is 35.4 Å². The average Bonchev–Trinajstić information content (AvgIpc) is 2.57. The van der Waals surface area contributed by atoms with Crippen LogP contribution in [0.3, 0.4) is 0 Å². The second kappa shape index (κ2) is 10.0. The molecule has 0 radical (unpaired) electrons. The van der Waals surface area contributed by atoms with Crippen molar-refractivity contribution in [2.45, 2.75) is 36.9 Å². The second-order valence-corrected chi connectivity index (χ2v) is 6.15. The van der Waals surface area contributed by atoms with Crippen LogP contribution in [0, 0.1) is 0 Å². The standard InChI is InChI=1S/C17H27NO3S/c1-13(12-19)18(10-11-20-3)17(14(2)21-4)15-6-8-16(22-5)9-7-15/h6-9,12-14,17H,10-11H2,1-5H3. The molecule has 5 heteroatoms. The van der Waals surface area contributed by atoms with Crippen molar-refractivity contribution in [3.8, 4) is 0 Å². The van der Waals surface area contributed by atoms with E-state index in [1.54, 1.807) is 26.0 Å². The Bertz CT molecular complexity index is 438. The third-order valence-electron chi connectivity index (χ3n) is 3.90. The summed E-state index contributed by atoms with van der Waals surface area (Å²) in [4.78, 5) is 14.7. The van der Waals surface area contributed by atoms with Gasteiger partial charge in [0.25, 0.3) is 0 Å². The Balaban J connectivity index is 3.13. The number of hydrogen-bond donors (Lipinski definition) is 0. The number of hydrogen-bond acceptors (Lipinski definition) is 5. The zero-order valence-corrected chi connectivity index (χ0v) is 14.9. The highest BCUT2D eigenvalue weighted by atomic mass is 32.2. The predicted octanol–water partition coefficient (Wildman–Crippen LogP) is 3.02. The molecule has 1 aromatic rings. The van der Waals surface area contributed by atoms with E-state index in [1.165, 1.54) is 4.90 Å². The first-order valence-corrected chi connectivity index (χ1v) is 8.68. The van der Waals surface area contributed by atoms with Crippen molar-refractivity contribution < 1.29 is 14.3 Å². The molecule has 0 heterocycles. The molecule has 22 heavy (non-hydrogen) atoms. The number of methoxy groups -OCH3 is 2. The largest absolute Gasteiger partial charge is 0.383 e. The number of carbonyl (C=O) groups excluding carboxylic acids is 1. The van der Waals surface area contributed by atoms with Gasteiger partial charge in [0.05, 0.1) is 24.8 Å². The van der Waals surface area contributed by atoms with Crippen molar-refractivity contribution in [2.75, 3.05) is 33.6 Å². The topological polar surface area (TPSA) is 38.8 Å². The van der Waals surface area contributed by atoms with Gasteiger partial charge in [0.2, 0.25) is 0 Å². The maximum absolute atomic E-state index is 11.3. The fourth-order valence-corrected chi connectivity index (χ4v) is 2.94. The minimum atomic E-state index is -0.196. The van der Waals surface area contributed by atoms with Gasteiger partial charge in [0, 0.05) is 25.7 Å². The second-order valence-electron chi connectivity index (χ2n) is 5.27. The molecule has 0 amide bonds. The van der Waals surface area contributed by atoms with Crippen molar-refractivity contribution in [1.29, 1.82) is 0 Å². The van der Waals surface area contributed by atoms with E-state index in [-0.39, 0.29) is 18.2 Å². The number of rotatable bonds is 10. The third-order valence-corrected chi connectivity index (χ3v) is 4.65. The number of benzene rings is 1. The molecular formula is C17H27NO3S. The van der Waals surface area contributed by atoms with Crippen LogP contribution in [-0.2, 0) is 14.3 Å². The lowest BCUT2D eigenvalue weighted by molar-refractivity contribution is -0.114. The van der Waals surface area contributed by atoms with Crippen LogP contribution < -0.4 is 0 Å².